The third kappa shape index (κ3) is 1.78. The number of hydrogen-bond acceptors (Lipinski definition) is 2. The number of fused-ring (bicyclic) bond motifs is 3. The molecule has 0 aliphatic heterocycles. The summed E-state index contributed by atoms with van der Waals surface area (Å²) in [6, 6.07) is 0.341. The fourth-order valence-electron chi connectivity index (χ4n) is 4.86. The SMILES string of the molecule is Cl.NC(=O)C1CCCC2(C1)C1CCC(C1)C2N. The van der Waals surface area contributed by atoms with Gasteiger partial charge in [0.25, 0.3) is 0 Å². The highest BCUT2D eigenvalue weighted by molar-refractivity contribution is 5.85. The van der Waals surface area contributed by atoms with Gasteiger partial charge in [0.15, 0.2) is 0 Å². The molecule has 4 heteroatoms. The van der Waals surface area contributed by atoms with Gasteiger partial charge < -0.3 is 11.5 Å². The molecule has 5 unspecified atom stereocenters. The van der Waals surface area contributed by atoms with E-state index in [1.165, 1.54) is 25.7 Å². The van der Waals surface area contributed by atoms with Crippen molar-refractivity contribution < 1.29 is 4.79 Å². The number of hydrogen-bond donors (Lipinski definition) is 2. The summed E-state index contributed by atoms with van der Waals surface area (Å²) in [7, 11) is 0. The second-order valence-electron chi connectivity index (χ2n) is 6.22. The molecule has 0 aromatic heterocycles. The molecule has 5 atom stereocenters. The molecule has 0 aromatic rings. The van der Waals surface area contributed by atoms with Gasteiger partial charge in [-0.2, -0.15) is 0 Å². The fraction of sp³-hybridized carbons (Fsp3) is 0.923. The van der Waals surface area contributed by atoms with Crippen LogP contribution in [-0.2, 0) is 4.79 Å². The first-order chi connectivity index (χ1) is 7.63. The van der Waals surface area contributed by atoms with Crippen LogP contribution in [0.1, 0.15) is 44.9 Å². The van der Waals surface area contributed by atoms with E-state index in [0.717, 1.165) is 31.1 Å². The lowest BCUT2D eigenvalue weighted by molar-refractivity contribution is -0.125. The predicted octanol–water partition coefficient (Wildman–Crippen LogP) is 1.83. The zero-order chi connectivity index (χ0) is 11.3. The van der Waals surface area contributed by atoms with Crippen LogP contribution in [0.15, 0.2) is 0 Å². The molecule has 3 fully saturated rings. The molecule has 1 amide bonds. The Kier molecular flexibility index (Phi) is 3.43. The molecule has 17 heavy (non-hydrogen) atoms. The van der Waals surface area contributed by atoms with Crippen molar-refractivity contribution in [3.63, 3.8) is 0 Å². The molecule has 3 nitrogen and oxygen atoms in total. The van der Waals surface area contributed by atoms with Crippen LogP contribution in [0, 0.1) is 23.2 Å². The van der Waals surface area contributed by atoms with Crippen molar-refractivity contribution in [1.29, 1.82) is 0 Å². The highest BCUT2D eigenvalue weighted by Crippen LogP contribution is 2.61. The maximum Gasteiger partial charge on any atom is 0.220 e. The van der Waals surface area contributed by atoms with Gasteiger partial charge >= 0.3 is 0 Å². The topological polar surface area (TPSA) is 69.1 Å². The monoisotopic (exact) mass is 258 g/mol. The molecule has 0 saturated heterocycles. The van der Waals surface area contributed by atoms with Gasteiger partial charge in [-0.05, 0) is 55.8 Å². The van der Waals surface area contributed by atoms with Gasteiger partial charge in [-0.15, -0.1) is 12.4 Å². The highest BCUT2D eigenvalue weighted by atomic mass is 35.5. The summed E-state index contributed by atoms with van der Waals surface area (Å²) >= 11 is 0. The van der Waals surface area contributed by atoms with Gasteiger partial charge in [0.2, 0.25) is 5.91 Å². The highest BCUT2D eigenvalue weighted by Gasteiger charge is 2.57. The van der Waals surface area contributed by atoms with Crippen LogP contribution in [0.4, 0.5) is 0 Å². The van der Waals surface area contributed by atoms with Gasteiger partial charge in [0.1, 0.15) is 0 Å². The smallest absolute Gasteiger partial charge is 0.220 e. The number of rotatable bonds is 1. The summed E-state index contributed by atoms with van der Waals surface area (Å²) in [4.78, 5) is 11.4. The lowest BCUT2D eigenvalue weighted by atomic mass is 9.59. The third-order valence-corrected chi connectivity index (χ3v) is 5.68. The average molecular weight is 259 g/mol. The number of primary amides is 1. The molecule has 2 bridgehead atoms. The van der Waals surface area contributed by atoms with Crippen LogP contribution in [-0.4, -0.2) is 11.9 Å². The molecule has 98 valence electrons. The third-order valence-electron chi connectivity index (χ3n) is 5.68. The molecule has 0 heterocycles. The lowest BCUT2D eigenvalue weighted by Crippen LogP contribution is -2.50. The number of amides is 1. The molecular formula is C13H23ClN2O. The van der Waals surface area contributed by atoms with Gasteiger partial charge in [-0.3, -0.25) is 4.79 Å². The summed E-state index contributed by atoms with van der Waals surface area (Å²) in [6.45, 7) is 0. The first-order valence-electron chi connectivity index (χ1n) is 6.68. The second kappa shape index (κ2) is 4.43. The van der Waals surface area contributed by atoms with Crippen LogP contribution in [0.2, 0.25) is 0 Å². The van der Waals surface area contributed by atoms with Crippen LogP contribution < -0.4 is 11.5 Å². The molecule has 3 saturated carbocycles. The van der Waals surface area contributed by atoms with E-state index in [4.69, 9.17) is 11.5 Å². The Morgan fingerprint density at radius 3 is 2.59 bits per heavy atom. The minimum atomic E-state index is -0.103. The zero-order valence-corrected chi connectivity index (χ0v) is 11.0. The molecule has 3 rings (SSSR count). The average Bonchev–Trinajstić information content (AvgIpc) is 2.84. The predicted molar refractivity (Wildman–Crippen MR) is 69.6 cm³/mol. The maximum absolute atomic E-state index is 11.4. The fourth-order valence-corrected chi connectivity index (χ4v) is 4.86. The quantitative estimate of drug-likeness (QED) is 0.753. The minimum Gasteiger partial charge on any atom is -0.369 e. The van der Waals surface area contributed by atoms with Gasteiger partial charge in [-0.25, -0.2) is 0 Å². The Morgan fingerprint density at radius 1 is 1.24 bits per heavy atom. The van der Waals surface area contributed by atoms with E-state index >= 15 is 0 Å². The van der Waals surface area contributed by atoms with Crippen LogP contribution in [0.25, 0.3) is 0 Å². The standard InChI is InChI=1S/C13H22N2O.ClH/c14-11-8-3-4-10(6-8)13(11)5-1-2-9(7-13)12(15)16;/h8-11H,1-7,14H2,(H2,15,16);1H. The summed E-state index contributed by atoms with van der Waals surface area (Å²) in [6.07, 6.45) is 8.31. The number of carbonyl (C=O) groups is 1. The van der Waals surface area contributed by atoms with E-state index in [0.29, 0.717) is 6.04 Å². The Labute approximate surface area is 109 Å². The van der Waals surface area contributed by atoms with Crippen LogP contribution in [0.3, 0.4) is 0 Å². The van der Waals surface area contributed by atoms with Gasteiger partial charge in [0.05, 0.1) is 0 Å². The van der Waals surface area contributed by atoms with E-state index in [1.807, 2.05) is 0 Å². The van der Waals surface area contributed by atoms with Crippen LogP contribution >= 0.6 is 12.4 Å². The van der Waals surface area contributed by atoms with E-state index in [2.05, 4.69) is 0 Å². The Morgan fingerprint density at radius 2 is 2.00 bits per heavy atom. The van der Waals surface area contributed by atoms with Crippen molar-refractivity contribution in [2.24, 2.45) is 34.6 Å². The van der Waals surface area contributed by atoms with E-state index in [-0.39, 0.29) is 29.6 Å². The Balaban J connectivity index is 0.00000108. The summed E-state index contributed by atoms with van der Waals surface area (Å²) < 4.78 is 0. The second-order valence-corrected chi connectivity index (χ2v) is 6.22. The van der Waals surface area contributed by atoms with Crippen molar-refractivity contribution in [1.82, 2.24) is 0 Å². The molecule has 3 aliphatic rings. The zero-order valence-electron chi connectivity index (χ0n) is 10.2. The number of nitrogens with two attached hydrogens (primary N) is 2. The number of halogens is 1. The van der Waals surface area contributed by atoms with E-state index in [9.17, 15) is 4.79 Å². The molecule has 4 N–H and O–H groups in total. The summed E-state index contributed by atoms with van der Waals surface area (Å²) in [5, 5.41) is 0. The minimum absolute atomic E-state index is 0. The van der Waals surface area contributed by atoms with Gasteiger partial charge in [-0.1, -0.05) is 6.42 Å². The van der Waals surface area contributed by atoms with E-state index in [1.54, 1.807) is 0 Å². The summed E-state index contributed by atoms with van der Waals surface area (Å²) in [5.74, 6) is 1.51. The van der Waals surface area contributed by atoms with Crippen molar-refractivity contribution >= 4 is 18.3 Å². The number of carbonyl (C=O) groups excluding carboxylic acids is 1. The first kappa shape index (κ1) is 13.2. The Hall–Kier alpha value is -0.280. The molecule has 0 radical (unpaired) electrons. The van der Waals surface area contributed by atoms with Crippen molar-refractivity contribution in [2.75, 3.05) is 0 Å². The first-order valence-corrected chi connectivity index (χ1v) is 6.68. The molecule has 3 aliphatic carbocycles. The van der Waals surface area contributed by atoms with Crippen molar-refractivity contribution in [2.45, 2.75) is 51.0 Å². The largest absolute Gasteiger partial charge is 0.369 e. The molecular weight excluding hydrogens is 236 g/mol. The Bertz CT molecular complexity index is 319. The van der Waals surface area contributed by atoms with Crippen molar-refractivity contribution in [3.05, 3.63) is 0 Å². The summed E-state index contributed by atoms with van der Waals surface area (Å²) in [5.41, 5.74) is 12.2. The van der Waals surface area contributed by atoms with Gasteiger partial charge in [0, 0.05) is 12.0 Å². The van der Waals surface area contributed by atoms with Crippen molar-refractivity contribution in [3.8, 4) is 0 Å². The van der Waals surface area contributed by atoms with Crippen LogP contribution in [0.5, 0.6) is 0 Å². The maximum atomic E-state index is 11.4. The van der Waals surface area contributed by atoms with E-state index < -0.39 is 0 Å². The normalized spacial score (nSPS) is 48.1. The lowest BCUT2D eigenvalue weighted by Gasteiger charge is -2.47. The molecule has 1 spiro atoms. The molecule has 0 aromatic carbocycles.